The van der Waals surface area contributed by atoms with E-state index in [9.17, 15) is 9.59 Å². The molecule has 0 bridgehead atoms. The summed E-state index contributed by atoms with van der Waals surface area (Å²) in [7, 11) is 0. The fraction of sp³-hybridized carbons (Fsp3) is 0.667. The molecule has 0 saturated heterocycles. The fourth-order valence-corrected chi connectivity index (χ4v) is 0.583. The lowest BCUT2D eigenvalue weighted by Crippen LogP contribution is -2.33. The number of aliphatic carboxylic acids is 2. The normalized spacial score (nSPS) is 15.5. The number of rotatable bonds is 4. The van der Waals surface area contributed by atoms with Gasteiger partial charge in [-0.3, -0.25) is 9.59 Å². The Kier molecular flexibility index (Phi) is 3.53. The van der Waals surface area contributed by atoms with Crippen molar-refractivity contribution in [2.24, 2.45) is 11.7 Å². The maximum Gasteiger partial charge on any atom is 0.320 e. The third-order valence-electron chi connectivity index (χ3n) is 1.35. The van der Waals surface area contributed by atoms with Crippen molar-refractivity contribution in [2.45, 2.75) is 19.4 Å². The molecule has 0 amide bonds. The second kappa shape index (κ2) is 3.92. The van der Waals surface area contributed by atoms with Crippen molar-refractivity contribution in [3.05, 3.63) is 0 Å². The largest absolute Gasteiger partial charge is 0.481 e. The molecule has 5 heteroatoms. The van der Waals surface area contributed by atoms with Crippen molar-refractivity contribution in [1.29, 1.82) is 0 Å². The van der Waals surface area contributed by atoms with Crippen LogP contribution in [0.5, 0.6) is 0 Å². The van der Waals surface area contributed by atoms with Crippen molar-refractivity contribution in [3.63, 3.8) is 0 Å². The summed E-state index contributed by atoms with van der Waals surface area (Å²) in [5.41, 5.74) is 5.09. The highest BCUT2D eigenvalue weighted by Crippen LogP contribution is 2.04. The lowest BCUT2D eigenvalue weighted by atomic mass is 10.0. The van der Waals surface area contributed by atoms with Gasteiger partial charge in [0.05, 0.1) is 5.92 Å². The predicted octanol–water partition coefficient (Wildman–Crippen LogP) is -0.491. The zero-order valence-corrected chi connectivity index (χ0v) is 6.15. The minimum atomic E-state index is -1.17. The van der Waals surface area contributed by atoms with Gasteiger partial charge in [0, 0.05) is 0 Å². The Morgan fingerprint density at radius 2 is 1.82 bits per heavy atom. The zero-order valence-electron chi connectivity index (χ0n) is 6.15. The Morgan fingerprint density at radius 1 is 1.36 bits per heavy atom. The highest BCUT2D eigenvalue weighted by Gasteiger charge is 2.19. The quantitative estimate of drug-likeness (QED) is 0.516. The predicted molar refractivity (Wildman–Crippen MR) is 37.0 cm³/mol. The number of hydrogen-bond acceptors (Lipinski definition) is 3. The molecule has 0 saturated carbocycles. The van der Waals surface area contributed by atoms with E-state index in [-0.39, 0.29) is 6.42 Å². The molecule has 11 heavy (non-hydrogen) atoms. The zero-order chi connectivity index (χ0) is 9.02. The van der Waals surface area contributed by atoms with Crippen LogP contribution in [-0.4, -0.2) is 28.2 Å². The molecule has 0 rings (SSSR count). The van der Waals surface area contributed by atoms with E-state index in [0.717, 1.165) is 0 Å². The van der Waals surface area contributed by atoms with Gasteiger partial charge in [-0.1, -0.05) is 6.92 Å². The Labute approximate surface area is 63.8 Å². The van der Waals surface area contributed by atoms with Gasteiger partial charge >= 0.3 is 11.9 Å². The minimum Gasteiger partial charge on any atom is -0.481 e. The van der Waals surface area contributed by atoms with Gasteiger partial charge < -0.3 is 15.9 Å². The molecule has 5 nitrogen and oxygen atoms in total. The molecule has 0 aliphatic rings. The van der Waals surface area contributed by atoms with Crippen LogP contribution in [0.2, 0.25) is 0 Å². The molecule has 0 heterocycles. The van der Waals surface area contributed by atoms with Crippen molar-refractivity contribution >= 4 is 11.9 Å². The Bertz CT molecular complexity index is 150. The topological polar surface area (TPSA) is 101 Å². The first-order valence-electron chi connectivity index (χ1n) is 3.16. The van der Waals surface area contributed by atoms with Gasteiger partial charge in [0.2, 0.25) is 0 Å². The van der Waals surface area contributed by atoms with Gasteiger partial charge in [0.1, 0.15) is 6.04 Å². The number of carboxylic acid groups (broad SMARTS) is 2. The molecule has 0 spiro atoms. The third-order valence-corrected chi connectivity index (χ3v) is 1.35. The maximum atomic E-state index is 10.2. The standard InChI is InChI=1S/C6H11NO4/c1-3(5(8)9)2-4(7)6(10)11/h3-4H,2,7H2,1H3,(H,8,9)(H,10,11)/t3-,4?/m0/s1. The van der Waals surface area contributed by atoms with E-state index in [1.54, 1.807) is 0 Å². The number of carbonyl (C=O) groups is 2. The van der Waals surface area contributed by atoms with Crippen LogP contribution < -0.4 is 5.73 Å². The first kappa shape index (κ1) is 9.90. The molecule has 0 aliphatic heterocycles. The number of hydrogen-bond donors (Lipinski definition) is 3. The summed E-state index contributed by atoms with van der Waals surface area (Å²) in [5, 5.41) is 16.7. The molecule has 0 radical (unpaired) electrons. The van der Waals surface area contributed by atoms with Crippen LogP contribution in [0.4, 0.5) is 0 Å². The van der Waals surface area contributed by atoms with Gasteiger partial charge in [-0.15, -0.1) is 0 Å². The van der Waals surface area contributed by atoms with E-state index >= 15 is 0 Å². The van der Waals surface area contributed by atoms with E-state index < -0.39 is 23.9 Å². The van der Waals surface area contributed by atoms with E-state index in [1.165, 1.54) is 6.92 Å². The molecule has 0 aromatic heterocycles. The van der Waals surface area contributed by atoms with E-state index in [2.05, 4.69) is 0 Å². The Balaban J connectivity index is 3.84. The minimum absolute atomic E-state index is 0.0370. The number of nitrogens with two attached hydrogens (primary N) is 1. The smallest absolute Gasteiger partial charge is 0.320 e. The second-order valence-corrected chi connectivity index (χ2v) is 2.42. The lowest BCUT2D eigenvalue weighted by Gasteiger charge is -2.08. The van der Waals surface area contributed by atoms with Crippen LogP contribution in [0.1, 0.15) is 13.3 Å². The molecule has 1 unspecified atom stereocenters. The lowest BCUT2D eigenvalue weighted by molar-refractivity contribution is -0.143. The summed E-state index contributed by atoms with van der Waals surface area (Å²) in [6, 6.07) is -1.08. The molecule has 4 N–H and O–H groups in total. The maximum absolute atomic E-state index is 10.2. The molecular formula is C6H11NO4. The third kappa shape index (κ3) is 3.57. The fourth-order valence-electron chi connectivity index (χ4n) is 0.583. The van der Waals surface area contributed by atoms with Gasteiger partial charge in [-0.05, 0) is 6.42 Å². The first-order chi connectivity index (χ1) is 4.95. The molecule has 0 aromatic carbocycles. The SMILES string of the molecule is C[C@@H](CC(N)C(=O)O)C(=O)O. The average Bonchev–Trinajstić information content (AvgIpc) is 1.87. The summed E-state index contributed by atoms with van der Waals surface area (Å²) in [6.07, 6.45) is -0.0370. The van der Waals surface area contributed by atoms with Crippen LogP contribution in [-0.2, 0) is 9.59 Å². The van der Waals surface area contributed by atoms with Crippen LogP contribution in [0.15, 0.2) is 0 Å². The molecular weight excluding hydrogens is 150 g/mol. The van der Waals surface area contributed by atoms with Gasteiger partial charge in [-0.2, -0.15) is 0 Å². The highest BCUT2D eigenvalue weighted by atomic mass is 16.4. The summed E-state index contributed by atoms with van der Waals surface area (Å²) >= 11 is 0. The molecule has 0 aliphatic carbocycles. The van der Waals surface area contributed by atoms with Gasteiger partial charge in [0.25, 0.3) is 0 Å². The van der Waals surface area contributed by atoms with Gasteiger partial charge in [-0.25, -0.2) is 0 Å². The Morgan fingerprint density at radius 3 is 2.09 bits per heavy atom. The van der Waals surface area contributed by atoms with Crippen molar-refractivity contribution in [1.82, 2.24) is 0 Å². The molecule has 64 valence electrons. The summed E-state index contributed by atoms with van der Waals surface area (Å²) in [6.45, 7) is 1.42. The van der Waals surface area contributed by atoms with E-state index in [1.807, 2.05) is 0 Å². The number of carboxylic acids is 2. The van der Waals surface area contributed by atoms with E-state index in [4.69, 9.17) is 15.9 Å². The second-order valence-electron chi connectivity index (χ2n) is 2.42. The summed E-state index contributed by atoms with van der Waals surface area (Å²) in [4.78, 5) is 20.3. The van der Waals surface area contributed by atoms with Crippen molar-refractivity contribution < 1.29 is 19.8 Å². The van der Waals surface area contributed by atoms with Crippen LogP contribution >= 0.6 is 0 Å². The summed E-state index contributed by atoms with van der Waals surface area (Å²) in [5.74, 6) is -2.90. The first-order valence-corrected chi connectivity index (χ1v) is 3.16. The van der Waals surface area contributed by atoms with E-state index in [0.29, 0.717) is 0 Å². The summed E-state index contributed by atoms with van der Waals surface area (Å²) < 4.78 is 0. The molecule has 2 atom stereocenters. The van der Waals surface area contributed by atoms with Crippen LogP contribution in [0, 0.1) is 5.92 Å². The highest BCUT2D eigenvalue weighted by molar-refractivity contribution is 5.75. The Hall–Kier alpha value is -1.10. The van der Waals surface area contributed by atoms with Crippen LogP contribution in [0.3, 0.4) is 0 Å². The average molecular weight is 161 g/mol. The van der Waals surface area contributed by atoms with Crippen molar-refractivity contribution in [2.75, 3.05) is 0 Å². The monoisotopic (exact) mass is 161 g/mol. The van der Waals surface area contributed by atoms with Gasteiger partial charge in [0.15, 0.2) is 0 Å². The van der Waals surface area contributed by atoms with Crippen LogP contribution in [0.25, 0.3) is 0 Å². The molecule has 0 aromatic rings. The molecule has 0 fully saturated rings. The van der Waals surface area contributed by atoms with Crippen molar-refractivity contribution in [3.8, 4) is 0 Å².